The molecular weight excluding hydrogens is 322 g/mol. The van der Waals surface area contributed by atoms with E-state index in [0.29, 0.717) is 12.1 Å². The van der Waals surface area contributed by atoms with Crippen LogP contribution in [0.5, 0.6) is 0 Å². The Morgan fingerprint density at radius 1 is 1.04 bits per heavy atom. The van der Waals surface area contributed by atoms with E-state index in [2.05, 4.69) is 10.3 Å². The quantitative estimate of drug-likeness (QED) is 0.746. The molecule has 1 aromatic heterocycles. The third-order valence-electron chi connectivity index (χ3n) is 3.75. The lowest BCUT2D eigenvalue weighted by atomic mass is 10.1. The van der Waals surface area contributed by atoms with E-state index in [-0.39, 0.29) is 5.91 Å². The number of amides is 1. The highest BCUT2D eigenvalue weighted by Gasteiger charge is 2.05. The minimum absolute atomic E-state index is 0.0573. The SMILES string of the molecule is O=C(NCCc1ccc(Cl)cc1)c1ccc(Cn2ccnc2)cc1. The molecule has 1 heterocycles. The summed E-state index contributed by atoms with van der Waals surface area (Å²) in [6.07, 6.45) is 6.22. The van der Waals surface area contributed by atoms with Gasteiger partial charge < -0.3 is 9.88 Å². The Morgan fingerprint density at radius 2 is 1.75 bits per heavy atom. The van der Waals surface area contributed by atoms with Crippen LogP contribution in [-0.4, -0.2) is 22.0 Å². The molecule has 0 bridgehead atoms. The van der Waals surface area contributed by atoms with Crippen LogP contribution in [0, 0.1) is 0 Å². The summed E-state index contributed by atoms with van der Waals surface area (Å²) in [7, 11) is 0. The maximum Gasteiger partial charge on any atom is 0.251 e. The Bertz CT molecular complexity index is 780. The number of carbonyl (C=O) groups is 1. The number of halogens is 1. The number of hydrogen-bond acceptors (Lipinski definition) is 2. The number of aromatic nitrogens is 2. The molecule has 1 amide bonds. The van der Waals surface area contributed by atoms with Gasteiger partial charge in [0.25, 0.3) is 5.91 Å². The van der Waals surface area contributed by atoms with Gasteiger partial charge in [0.2, 0.25) is 0 Å². The third kappa shape index (κ3) is 4.46. The lowest BCUT2D eigenvalue weighted by Crippen LogP contribution is -2.25. The summed E-state index contributed by atoms with van der Waals surface area (Å²) < 4.78 is 1.99. The molecule has 0 aliphatic carbocycles. The van der Waals surface area contributed by atoms with E-state index in [1.54, 1.807) is 12.5 Å². The van der Waals surface area contributed by atoms with Crippen molar-refractivity contribution in [3.05, 3.63) is 89.0 Å². The molecule has 4 nitrogen and oxygen atoms in total. The van der Waals surface area contributed by atoms with Crippen LogP contribution in [0.1, 0.15) is 21.5 Å². The van der Waals surface area contributed by atoms with E-state index in [0.717, 1.165) is 29.1 Å². The number of hydrogen-bond donors (Lipinski definition) is 1. The van der Waals surface area contributed by atoms with E-state index >= 15 is 0 Å². The summed E-state index contributed by atoms with van der Waals surface area (Å²) in [4.78, 5) is 16.2. The second kappa shape index (κ2) is 7.79. The minimum Gasteiger partial charge on any atom is -0.352 e. The van der Waals surface area contributed by atoms with E-state index in [1.165, 1.54) is 0 Å². The standard InChI is InChI=1S/C19H18ClN3O/c20-18-7-3-15(4-8-18)9-10-22-19(24)17-5-1-16(2-6-17)13-23-12-11-21-14-23/h1-8,11-12,14H,9-10,13H2,(H,22,24). The fourth-order valence-electron chi connectivity index (χ4n) is 2.43. The van der Waals surface area contributed by atoms with Gasteiger partial charge in [0.05, 0.1) is 6.33 Å². The van der Waals surface area contributed by atoms with Crippen LogP contribution in [0.3, 0.4) is 0 Å². The summed E-state index contributed by atoms with van der Waals surface area (Å²) in [6.45, 7) is 1.34. The first-order valence-corrected chi connectivity index (χ1v) is 8.16. The molecule has 2 aromatic carbocycles. The smallest absolute Gasteiger partial charge is 0.251 e. The van der Waals surface area contributed by atoms with Crippen molar-refractivity contribution < 1.29 is 4.79 Å². The van der Waals surface area contributed by atoms with Crippen LogP contribution in [0.25, 0.3) is 0 Å². The van der Waals surface area contributed by atoms with Gasteiger partial charge in [-0.2, -0.15) is 0 Å². The number of rotatable bonds is 6. The summed E-state index contributed by atoms with van der Waals surface area (Å²) in [6, 6.07) is 15.3. The van der Waals surface area contributed by atoms with Crippen molar-refractivity contribution in [3.63, 3.8) is 0 Å². The summed E-state index contributed by atoms with van der Waals surface area (Å²) in [5, 5.41) is 3.66. The Morgan fingerprint density at radius 3 is 2.42 bits per heavy atom. The van der Waals surface area contributed by atoms with Gasteiger partial charge in [0.1, 0.15) is 0 Å². The topological polar surface area (TPSA) is 46.9 Å². The number of nitrogens with one attached hydrogen (secondary N) is 1. The van der Waals surface area contributed by atoms with Crippen LogP contribution in [0.15, 0.2) is 67.3 Å². The van der Waals surface area contributed by atoms with Crippen LogP contribution in [0.2, 0.25) is 5.02 Å². The Balaban J connectivity index is 1.50. The molecule has 0 spiro atoms. The highest BCUT2D eigenvalue weighted by atomic mass is 35.5. The summed E-state index contributed by atoms with van der Waals surface area (Å²) in [5.41, 5.74) is 2.95. The van der Waals surface area contributed by atoms with Gasteiger partial charge in [-0.1, -0.05) is 35.9 Å². The predicted octanol–water partition coefficient (Wildman–Crippen LogP) is 3.56. The van der Waals surface area contributed by atoms with Gasteiger partial charge in [-0.3, -0.25) is 4.79 Å². The lowest BCUT2D eigenvalue weighted by Gasteiger charge is -2.07. The van der Waals surface area contributed by atoms with Gasteiger partial charge in [0.15, 0.2) is 0 Å². The molecule has 0 saturated carbocycles. The maximum atomic E-state index is 12.2. The maximum absolute atomic E-state index is 12.2. The molecule has 5 heteroatoms. The molecule has 24 heavy (non-hydrogen) atoms. The number of imidazole rings is 1. The number of carbonyl (C=O) groups excluding carboxylic acids is 1. The van der Waals surface area contributed by atoms with Crippen molar-refractivity contribution >= 4 is 17.5 Å². The third-order valence-corrected chi connectivity index (χ3v) is 4.00. The zero-order valence-corrected chi connectivity index (χ0v) is 13.9. The summed E-state index contributed by atoms with van der Waals surface area (Å²) >= 11 is 5.86. The average Bonchev–Trinajstić information content (AvgIpc) is 3.10. The van der Waals surface area contributed by atoms with Crippen molar-refractivity contribution in [2.75, 3.05) is 6.54 Å². The predicted molar refractivity (Wildman–Crippen MR) is 95.3 cm³/mol. The van der Waals surface area contributed by atoms with Crippen molar-refractivity contribution in [1.82, 2.24) is 14.9 Å². The van der Waals surface area contributed by atoms with Crippen molar-refractivity contribution in [3.8, 4) is 0 Å². The largest absolute Gasteiger partial charge is 0.352 e. The molecule has 0 saturated heterocycles. The molecule has 0 atom stereocenters. The Kier molecular flexibility index (Phi) is 5.29. The zero-order valence-electron chi connectivity index (χ0n) is 13.2. The first-order valence-electron chi connectivity index (χ1n) is 7.78. The fourth-order valence-corrected chi connectivity index (χ4v) is 2.55. The van der Waals surface area contributed by atoms with Gasteiger partial charge in [-0.05, 0) is 41.8 Å². The fraction of sp³-hybridized carbons (Fsp3) is 0.158. The molecule has 122 valence electrons. The van der Waals surface area contributed by atoms with Gasteiger partial charge in [0, 0.05) is 36.1 Å². The van der Waals surface area contributed by atoms with Gasteiger partial charge in [-0.25, -0.2) is 4.98 Å². The molecular formula is C19H18ClN3O. The second-order valence-electron chi connectivity index (χ2n) is 5.56. The van der Waals surface area contributed by atoms with E-state index in [9.17, 15) is 4.79 Å². The highest BCUT2D eigenvalue weighted by Crippen LogP contribution is 2.10. The molecule has 0 aliphatic heterocycles. The van der Waals surface area contributed by atoms with Gasteiger partial charge >= 0.3 is 0 Å². The van der Waals surface area contributed by atoms with E-state index in [1.807, 2.05) is 59.3 Å². The van der Waals surface area contributed by atoms with Gasteiger partial charge in [-0.15, -0.1) is 0 Å². The van der Waals surface area contributed by atoms with E-state index < -0.39 is 0 Å². The van der Waals surface area contributed by atoms with Crippen molar-refractivity contribution in [1.29, 1.82) is 0 Å². The molecule has 1 N–H and O–H groups in total. The van der Waals surface area contributed by atoms with Crippen LogP contribution in [-0.2, 0) is 13.0 Å². The molecule has 0 aliphatic rings. The molecule has 3 rings (SSSR count). The molecule has 3 aromatic rings. The first kappa shape index (κ1) is 16.3. The Labute approximate surface area is 146 Å². The lowest BCUT2D eigenvalue weighted by molar-refractivity contribution is 0.0954. The first-order chi connectivity index (χ1) is 11.7. The highest BCUT2D eigenvalue weighted by molar-refractivity contribution is 6.30. The Hall–Kier alpha value is -2.59. The zero-order chi connectivity index (χ0) is 16.8. The second-order valence-corrected chi connectivity index (χ2v) is 6.00. The van der Waals surface area contributed by atoms with Crippen molar-refractivity contribution in [2.45, 2.75) is 13.0 Å². The van der Waals surface area contributed by atoms with Crippen LogP contribution < -0.4 is 5.32 Å². The monoisotopic (exact) mass is 339 g/mol. The van der Waals surface area contributed by atoms with Crippen LogP contribution in [0.4, 0.5) is 0 Å². The van der Waals surface area contributed by atoms with Crippen molar-refractivity contribution in [2.24, 2.45) is 0 Å². The molecule has 0 radical (unpaired) electrons. The van der Waals surface area contributed by atoms with Crippen LogP contribution >= 0.6 is 11.6 Å². The number of nitrogens with zero attached hydrogens (tertiary/aromatic N) is 2. The summed E-state index contributed by atoms with van der Waals surface area (Å²) in [5.74, 6) is -0.0573. The van der Waals surface area contributed by atoms with E-state index in [4.69, 9.17) is 11.6 Å². The molecule has 0 fully saturated rings. The minimum atomic E-state index is -0.0573. The number of benzene rings is 2. The average molecular weight is 340 g/mol. The molecule has 0 unspecified atom stereocenters. The normalized spacial score (nSPS) is 10.5.